The predicted molar refractivity (Wildman–Crippen MR) is 78.9 cm³/mol. The normalized spacial score (nSPS) is 22.1. The molecule has 114 valence electrons. The van der Waals surface area contributed by atoms with E-state index in [1.807, 2.05) is 11.8 Å². The highest BCUT2D eigenvalue weighted by Gasteiger charge is 2.34. The number of hydrogen-bond donors (Lipinski definition) is 2. The summed E-state index contributed by atoms with van der Waals surface area (Å²) in [5.41, 5.74) is 5.84. The van der Waals surface area contributed by atoms with Crippen molar-refractivity contribution in [1.29, 1.82) is 0 Å². The molecule has 0 radical (unpaired) electrons. The minimum atomic E-state index is -0.349. The van der Waals surface area contributed by atoms with Crippen LogP contribution in [0, 0.1) is 0 Å². The number of morpholine rings is 1. The Labute approximate surface area is 123 Å². The predicted octanol–water partition coefficient (Wildman–Crippen LogP) is 0.105. The highest BCUT2D eigenvalue weighted by molar-refractivity contribution is 5.86. The van der Waals surface area contributed by atoms with E-state index in [-0.39, 0.29) is 11.9 Å². The molecule has 2 heterocycles. The maximum atomic E-state index is 12.4. The number of nitrogens with one attached hydrogen (secondary N) is 1. The summed E-state index contributed by atoms with van der Waals surface area (Å²) in [6, 6.07) is 1.71. The van der Waals surface area contributed by atoms with Crippen LogP contribution in [0.4, 0.5) is 11.6 Å². The summed E-state index contributed by atoms with van der Waals surface area (Å²) < 4.78 is 5.47. The van der Waals surface area contributed by atoms with Crippen LogP contribution in [0.2, 0.25) is 0 Å². The molecule has 7 nitrogen and oxygen atoms in total. The van der Waals surface area contributed by atoms with E-state index < -0.39 is 0 Å². The van der Waals surface area contributed by atoms with Crippen molar-refractivity contribution >= 4 is 17.5 Å². The van der Waals surface area contributed by atoms with Crippen LogP contribution in [0.1, 0.15) is 25.6 Å². The van der Waals surface area contributed by atoms with Gasteiger partial charge in [0.1, 0.15) is 23.5 Å². The van der Waals surface area contributed by atoms with Crippen molar-refractivity contribution in [2.45, 2.75) is 38.3 Å². The molecule has 2 fully saturated rings. The van der Waals surface area contributed by atoms with Crippen LogP contribution in [0.15, 0.2) is 6.07 Å². The molecule has 1 atom stereocenters. The number of nitrogens with zero attached hydrogens (tertiary/aromatic N) is 3. The number of rotatable bonds is 4. The first-order valence-electron chi connectivity index (χ1n) is 7.45. The van der Waals surface area contributed by atoms with Crippen LogP contribution in [-0.2, 0) is 16.0 Å². The number of anilines is 2. The van der Waals surface area contributed by atoms with E-state index in [2.05, 4.69) is 15.3 Å². The minimum Gasteiger partial charge on any atom is -0.384 e. The lowest BCUT2D eigenvalue weighted by Crippen LogP contribution is -2.54. The topological polar surface area (TPSA) is 93.4 Å². The van der Waals surface area contributed by atoms with Gasteiger partial charge in [0.2, 0.25) is 5.91 Å². The summed E-state index contributed by atoms with van der Waals surface area (Å²) in [6.07, 6.45) is 2.85. The van der Waals surface area contributed by atoms with E-state index in [1.165, 1.54) is 0 Å². The van der Waals surface area contributed by atoms with Crippen molar-refractivity contribution in [3.05, 3.63) is 11.9 Å². The fourth-order valence-electron chi connectivity index (χ4n) is 2.43. The molecule has 7 heteroatoms. The lowest BCUT2D eigenvalue weighted by Gasteiger charge is -2.35. The number of carbonyl (C=O) groups excluding carboxylic acids is 1. The maximum Gasteiger partial charge on any atom is 0.245 e. The molecule has 3 rings (SSSR count). The first-order valence-corrected chi connectivity index (χ1v) is 7.45. The molecule has 3 N–H and O–H groups in total. The van der Waals surface area contributed by atoms with Gasteiger partial charge in [-0.15, -0.1) is 0 Å². The third kappa shape index (κ3) is 3.24. The van der Waals surface area contributed by atoms with Crippen LogP contribution in [0.5, 0.6) is 0 Å². The van der Waals surface area contributed by atoms with Gasteiger partial charge >= 0.3 is 0 Å². The zero-order valence-corrected chi connectivity index (χ0v) is 12.2. The van der Waals surface area contributed by atoms with E-state index in [9.17, 15) is 4.79 Å². The highest BCUT2D eigenvalue weighted by atomic mass is 16.5. The number of hydrogen-bond acceptors (Lipinski definition) is 6. The zero-order chi connectivity index (χ0) is 14.8. The Bertz CT molecular complexity index is 532. The number of nitrogen functional groups attached to an aromatic ring is 1. The fraction of sp³-hybridized carbons (Fsp3) is 0.643. The number of nitrogens with two attached hydrogens (primary N) is 1. The van der Waals surface area contributed by atoms with Gasteiger partial charge in [-0.1, -0.05) is 6.92 Å². The van der Waals surface area contributed by atoms with Gasteiger partial charge in [-0.05, 0) is 12.8 Å². The van der Waals surface area contributed by atoms with Crippen molar-refractivity contribution in [2.75, 3.05) is 30.4 Å². The molecule has 1 unspecified atom stereocenters. The van der Waals surface area contributed by atoms with Crippen molar-refractivity contribution in [3.63, 3.8) is 0 Å². The zero-order valence-electron chi connectivity index (χ0n) is 12.2. The quantitative estimate of drug-likeness (QED) is 0.817. The van der Waals surface area contributed by atoms with E-state index in [0.717, 1.165) is 12.8 Å². The second-order valence-electron chi connectivity index (χ2n) is 5.49. The monoisotopic (exact) mass is 291 g/mol. The molecule has 1 saturated carbocycles. The van der Waals surface area contributed by atoms with Gasteiger partial charge in [-0.25, -0.2) is 9.97 Å². The summed E-state index contributed by atoms with van der Waals surface area (Å²) in [4.78, 5) is 23.0. The Hall–Kier alpha value is -1.89. The molecule has 1 saturated heterocycles. The molecule has 1 amide bonds. The van der Waals surface area contributed by atoms with Gasteiger partial charge in [0.25, 0.3) is 0 Å². The van der Waals surface area contributed by atoms with Gasteiger partial charge in [-0.3, -0.25) is 4.79 Å². The number of carbonyl (C=O) groups is 1. The van der Waals surface area contributed by atoms with E-state index in [1.54, 1.807) is 6.07 Å². The first kappa shape index (κ1) is 14.1. The second kappa shape index (κ2) is 5.85. The number of ether oxygens (including phenoxy) is 1. The Balaban J connectivity index is 1.82. The van der Waals surface area contributed by atoms with Gasteiger partial charge in [0, 0.05) is 25.1 Å². The minimum absolute atomic E-state index is 0.00688. The Morgan fingerprint density at radius 3 is 3.05 bits per heavy atom. The van der Waals surface area contributed by atoms with Gasteiger partial charge < -0.3 is 20.7 Å². The van der Waals surface area contributed by atoms with Gasteiger partial charge in [-0.2, -0.15) is 0 Å². The molecule has 0 spiro atoms. The first-order chi connectivity index (χ1) is 10.2. The van der Waals surface area contributed by atoms with Crippen LogP contribution in [-0.4, -0.2) is 47.7 Å². The molecular weight excluding hydrogens is 270 g/mol. The highest BCUT2D eigenvalue weighted by Crippen LogP contribution is 2.22. The molecule has 1 aliphatic heterocycles. The third-order valence-electron chi connectivity index (χ3n) is 3.74. The lowest BCUT2D eigenvalue weighted by atomic mass is 10.2. The molecule has 1 aromatic rings. The lowest BCUT2D eigenvalue weighted by molar-refractivity contribution is -0.124. The number of aryl methyl sites for hydroxylation is 1. The maximum absolute atomic E-state index is 12.4. The average Bonchev–Trinajstić information content (AvgIpc) is 3.30. The van der Waals surface area contributed by atoms with E-state index in [0.29, 0.717) is 49.7 Å². The fourth-order valence-corrected chi connectivity index (χ4v) is 2.43. The summed E-state index contributed by atoms with van der Waals surface area (Å²) in [5.74, 6) is 1.84. The summed E-state index contributed by atoms with van der Waals surface area (Å²) >= 11 is 0. The largest absolute Gasteiger partial charge is 0.384 e. The molecule has 2 aliphatic rings. The summed E-state index contributed by atoms with van der Waals surface area (Å²) in [7, 11) is 0. The van der Waals surface area contributed by atoms with Gasteiger partial charge in [0.05, 0.1) is 13.2 Å². The Morgan fingerprint density at radius 1 is 1.52 bits per heavy atom. The number of aromatic nitrogens is 2. The summed E-state index contributed by atoms with van der Waals surface area (Å²) in [5, 5.41) is 3.03. The Morgan fingerprint density at radius 2 is 2.33 bits per heavy atom. The van der Waals surface area contributed by atoms with E-state index >= 15 is 0 Å². The van der Waals surface area contributed by atoms with Crippen LogP contribution >= 0.6 is 0 Å². The van der Waals surface area contributed by atoms with Crippen molar-refractivity contribution in [1.82, 2.24) is 15.3 Å². The second-order valence-corrected chi connectivity index (χ2v) is 5.49. The molecule has 0 bridgehead atoms. The molecule has 1 aromatic heterocycles. The average molecular weight is 291 g/mol. The van der Waals surface area contributed by atoms with Crippen LogP contribution in [0.25, 0.3) is 0 Å². The number of amides is 1. The molecular formula is C14H21N5O2. The van der Waals surface area contributed by atoms with Crippen molar-refractivity contribution in [3.8, 4) is 0 Å². The standard InChI is InChI=1S/C14H21N5O2/c1-2-12-17-11(15)7-13(18-12)19-5-6-21-8-10(19)14(20)16-9-3-4-9/h7,9-10H,2-6,8H2,1H3,(H,16,20)(H2,15,17,18). The Kier molecular flexibility index (Phi) is 3.92. The van der Waals surface area contributed by atoms with Crippen LogP contribution in [0.3, 0.4) is 0 Å². The van der Waals surface area contributed by atoms with Crippen LogP contribution < -0.4 is 16.0 Å². The smallest absolute Gasteiger partial charge is 0.245 e. The third-order valence-corrected chi connectivity index (χ3v) is 3.74. The van der Waals surface area contributed by atoms with Crippen molar-refractivity contribution < 1.29 is 9.53 Å². The van der Waals surface area contributed by atoms with E-state index in [4.69, 9.17) is 10.5 Å². The SMILES string of the molecule is CCc1nc(N)cc(N2CCOCC2C(=O)NC2CC2)n1. The molecule has 0 aromatic carbocycles. The summed E-state index contributed by atoms with van der Waals surface area (Å²) in [6.45, 7) is 3.57. The molecule has 21 heavy (non-hydrogen) atoms. The molecule has 1 aliphatic carbocycles. The van der Waals surface area contributed by atoms with Crippen molar-refractivity contribution in [2.24, 2.45) is 0 Å². The van der Waals surface area contributed by atoms with Gasteiger partial charge in [0.15, 0.2) is 0 Å².